The molecule has 0 aromatic rings. The number of carbonyl (C=O) groups excluding carboxylic acids is 2. The van der Waals surface area contributed by atoms with Gasteiger partial charge in [-0.15, -0.1) is 0 Å². The van der Waals surface area contributed by atoms with Crippen molar-refractivity contribution in [2.75, 3.05) is 13.1 Å². The van der Waals surface area contributed by atoms with Crippen LogP contribution in [0, 0.1) is 5.92 Å². The Bertz CT molecular complexity index is 273. The summed E-state index contributed by atoms with van der Waals surface area (Å²) in [6.45, 7) is 1.93. The zero-order valence-electron chi connectivity index (χ0n) is 9.65. The smallest absolute Gasteiger partial charge is 0.220 e. The van der Waals surface area contributed by atoms with Crippen molar-refractivity contribution in [1.29, 1.82) is 0 Å². The molecule has 90 valence electrons. The van der Waals surface area contributed by atoms with Crippen molar-refractivity contribution in [2.24, 2.45) is 11.7 Å². The second kappa shape index (κ2) is 4.95. The van der Waals surface area contributed by atoms with Crippen LogP contribution in [0.3, 0.4) is 0 Å². The lowest BCUT2D eigenvalue weighted by atomic mass is 9.89. The quantitative estimate of drug-likeness (QED) is 0.750. The molecule has 16 heavy (non-hydrogen) atoms. The van der Waals surface area contributed by atoms with E-state index in [1.54, 1.807) is 0 Å². The Balaban J connectivity index is 1.80. The summed E-state index contributed by atoms with van der Waals surface area (Å²) in [6, 6.07) is 0.562. The minimum Gasteiger partial charge on any atom is -0.369 e. The largest absolute Gasteiger partial charge is 0.369 e. The van der Waals surface area contributed by atoms with E-state index in [9.17, 15) is 9.59 Å². The van der Waals surface area contributed by atoms with Gasteiger partial charge in [0, 0.05) is 24.8 Å². The Morgan fingerprint density at radius 3 is 2.19 bits per heavy atom. The minimum absolute atomic E-state index is 0.0708. The van der Waals surface area contributed by atoms with Crippen LogP contribution in [0.4, 0.5) is 0 Å². The van der Waals surface area contributed by atoms with E-state index in [1.165, 1.54) is 0 Å². The third-order valence-corrected chi connectivity index (χ3v) is 3.96. The Kier molecular flexibility index (Phi) is 3.59. The minimum atomic E-state index is -0.154. The Labute approximate surface area is 96.2 Å². The van der Waals surface area contributed by atoms with Crippen molar-refractivity contribution >= 4 is 11.7 Å². The number of nitrogens with two attached hydrogens (primary N) is 1. The first-order chi connectivity index (χ1) is 7.66. The number of primary amides is 1. The fourth-order valence-electron chi connectivity index (χ4n) is 2.84. The van der Waals surface area contributed by atoms with E-state index in [0.717, 1.165) is 51.6 Å². The summed E-state index contributed by atoms with van der Waals surface area (Å²) in [5, 5.41) is 0. The highest BCUT2D eigenvalue weighted by Gasteiger charge is 2.29. The van der Waals surface area contributed by atoms with Crippen LogP contribution < -0.4 is 5.73 Å². The van der Waals surface area contributed by atoms with Gasteiger partial charge in [-0.25, -0.2) is 0 Å². The number of carbonyl (C=O) groups is 2. The maximum absolute atomic E-state index is 11.2. The van der Waals surface area contributed by atoms with Gasteiger partial charge in [-0.3, -0.25) is 9.59 Å². The fourth-order valence-corrected chi connectivity index (χ4v) is 2.84. The van der Waals surface area contributed by atoms with E-state index in [2.05, 4.69) is 4.90 Å². The molecule has 1 aliphatic heterocycles. The molecule has 2 aliphatic rings. The van der Waals surface area contributed by atoms with Gasteiger partial charge in [-0.05, 0) is 38.8 Å². The van der Waals surface area contributed by atoms with E-state index < -0.39 is 0 Å². The number of piperidine rings is 1. The number of likely N-dealkylation sites (tertiary alicyclic amines) is 1. The van der Waals surface area contributed by atoms with Crippen LogP contribution in [-0.2, 0) is 9.59 Å². The molecule has 0 aromatic heterocycles. The van der Waals surface area contributed by atoms with Gasteiger partial charge in [-0.1, -0.05) is 0 Å². The third-order valence-electron chi connectivity index (χ3n) is 3.96. The highest BCUT2D eigenvalue weighted by molar-refractivity contribution is 5.79. The lowest BCUT2D eigenvalue weighted by molar-refractivity contribution is -0.123. The number of nitrogens with zero attached hydrogens (tertiary/aromatic N) is 1. The Hall–Kier alpha value is -0.900. The molecule has 0 unspecified atom stereocenters. The van der Waals surface area contributed by atoms with Crippen LogP contribution in [0.2, 0.25) is 0 Å². The highest BCUT2D eigenvalue weighted by atomic mass is 16.1. The highest BCUT2D eigenvalue weighted by Crippen LogP contribution is 2.25. The van der Waals surface area contributed by atoms with Gasteiger partial charge in [0.25, 0.3) is 0 Å². The number of hydrogen-bond acceptors (Lipinski definition) is 3. The lowest BCUT2D eigenvalue weighted by Gasteiger charge is -2.38. The second-order valence-electron chi connectivity index (χ2n) is 4.98. The average molecular weight is 224 g/mol. The van der Waals surface area contributed by atoms with Crippen LogP contribution in [-0.4, -0.2) is 35.7 Å². The molecule has 1 saturated carbocycles. The zero-order valence-corrected chi connectivity index (χ0v) is 9.65. The van der Waals surface area contributed by atoms with Crippen molar-refractivity contribution in [1.82, 2.24) is 4.90 Å². The van der Waals surface area contributed by atoms with E-state index in [-0.39, 0.29) is 11.8 Å². The molecule has 4 nitrogen and oxygen atoms in total. The van der Waals surface area contributed by atoms with Gasteiger partial charge in [0.1, 0.15) is 5.78 Å². The van der Waals surface area contributed by atoms with Crippen LogP contribution in [0.1, 0.15) is 38.5 Å². The van der Waals surface area contributed by atoms with Gasteiger partial charge >= 0.3 is 0 Å². The monoisotopic (exact) mass is 224 g/mol. The number of ketones is 1. The van der Waals surface area contributed by atoms with Crippen molar-refractivity contribution in [3.05, 3.63) is 0 Å². The molecule has 0 radical (unpaired) electrons. The van der Waals surface area contributed by atoms with Gasteiger partial charge in [-0.2, -0.15) is 0 Å². The number of hydrogen-bond donors (Lipinski definition) is 1. The first-order valence-electron chi connectivity index (χ1n) is 6.22. The Morgan fingerprint density at radius 1 is 1.12 bits per heavy atom. The summed E-state index contributed by atoms with van der Waals surface area (Å²) in [5.74, 6) is 0.322. The average Bonchev–Trinajstić information content (AvgIpc) is 2.30. The molecular weight excluding hydrogens is 204 g/mol. The lowest BCUT2D eigenvalue weighted by Crippen LogP contribution is -2.45. The van der Waals surface area contributed by atoms with Crippen molar-refractivity contribution in [2.45, 2.75) is 44.6 Å². The predicted molar refractivity (Wildman–Crippen MR) is 60.8 cm³/mol. The van der Waals surface area contributed by atoms with Gasteiger partial charge in [0.2, 0.25) is 5.91 Å². The van der Waals surface area contributed by atoms with Crippen molar-refractivity contribution in [3.8, 4) is 0 Å². The molecule has 1 amide bonds. The molecule has 0 spiro atoms. The van der Waals surface area contributed by atoms with Crippen molar-refractivity contribution in [3.63, 3.8) is 0 Å². The van der Waals surface area contributed by atoms with Crippen LogP contribution in [0.15, 0.2) is 0 Å². The number of Topliss-reactive ketones (excluding diaryl/α,β-unsaturated/α-hetero) is 1. The molecule has 4 heteroatoms. The SMILES string of the molecule is NC(=O)C1CCN(C2CCC(=O)CC2)CC1. The van der Waals surface area contributed by atoms with E-state index >= 15 is 0 Å². The van der Waals surface area contributed by atoms with E-state index in [1.807, 2.05) is 0 Å². The standard InChI is InChI=1S/C12H20N2O2/c13-12(16)9-5-7-14(8-6-9)10-1-3-11(15)4-2-10/h9-10H,1-8H2,(H2,13,16). The third kappa shape index (κ3) is 2.61. The van der Waals surface area contributed by atoms with Gasteiger partial charge in [0.15, 0.2) is 0 Å². The molecule has 1 aliphatic carbocycles. The normalized spacial score (nSPS) is 25.9. The van der Waals surface area contributed by atoms with Gasteiger partial charge < -0.3 is 10.6 Å². The van der Waals surface area contributed by atoms with Gasteiger partial charge in [0.05, 0.1) is 0 Å². The summed E-state index contributed by atoms with van der Waals surface area (Å²) in [7, 11) is 0. The maximum atomic E-state index is 11.2. The molecule has 0 atom stereocenters. The second-order valence-corrected chi connectivity index (χ2v) is 4.98. The first kappa shape index (κ1) is 11.6. The van der Waals surface area contributed by atoms with Crippen molar-refractivity contribution < 1.29 is 9.59 Å². The fraction of sp³-hybridized carbons (Fsp3) is 0.833. The summed E-state index contributed by atoms with van der Waals surface area (Å²) < 4.78 is 0. The summed E-state index contributed by atoms with van der Waals surface area (Å²) in [6.07, 6.45) is 5.25. The number of rotatable bonds is 2. The molecule has 1 saturated heterocycles. The Morgan fingerprint density at radius 2 is 1.69 bits per heavy atom. The molecule has 2 rings (SSSR count). The van der Waals surface area contributed by atoms with E-state index in [4.69, 9.17) is 5.73 Å². The van der Waals surface area contributed by atoms with Crippen LogP contribution in [0.5, 0.6) is 0 Å². The molecule has 0 bridgehead atoms. The predicted octanol–water partition coefficient (Wildman–Crippen LogP) is 0.695. The number of amides is 1. The van der Waals surface area contributed by atoms with Crippen LogP contribution in [0.25, 0.3) is 0 Å². The maximum Gasteiger partial charge on any atom is 0.220 e. The molecule has 1 heterocycles. The summed E-state index contributed by atoms with van der Waals surface area (Å²) in [5.41, 5.74) is 5.31. The zero-order chi connectivity index (χ0) is 11.5. The summed E-state index contributed by atoms with van der Waals surface area (Å²) >= 11 is 0. The molecular formula is C12H20N2O2. The van der Waals surface area contributed by atoms with Crippen LogP contribution >= 0.6 is 0 Å². The summed E-state index contributed by atoms with van der Waals surface area (Å²) in [4.78, 5) is 24.6. The first-order valence-corrected chi connectivity index (χ1v) is 6.22. The molecule has 0 aromatic carbocycles. The molecule has 2 fully saturated rings. The molecule has 2 N–H and O–H groups in total. The topological polar surface area (TPSA) is 63.4 Å². The van der Waals surface area contributed by atoms with E-state index in [0.29, 0.717) is 11.8 Å².